The summed E-state index contributed by atoms with van der Waals surface area (Å²) >= 11 is 0. The number of pyridine rings is 6. The number of likely N-dealkylation sites (N-methyl/N-ethyl adjacent to an activating group) is 1. The number of ketones is 3. The Morgan fingerprint density at radius 2 is 1.05 bits per heavy atom. The van der Waals surface area contributed by atoms with Gasteiger partial charge in [0.05, 0.1) is 37.7 Å². The van der Waals surface area contributed by atoms with Gasteiger partial charge >= 0.3 is 23.0 Å². The van der Waals surface area contributed by atoms with Crippen LogP contribution in [0, 0.1) is 30.6 Å². The van der Waals surface area contributed by atoms with Gasteiger partial charge in [-0.15, -0.1) is 30.6 Å². The van der Waals surface area contributed by atoms with Gasteiger partial charge in [0.1, 0.15) is 17.1 Å². The first-order chi connectivity index (χ1) is 47.4. The molecule has 0 fully saturated rings. The molecule has 6 aromatic heterocycles. The molecule has 0 amide bonds. The number of carbonyl (C=O) groups excluding carboxylic acids is 3. The number of hydrogen-bond donors (Lipinski definition) is 3. The molecule has 8 aromatic rings. The molecule has 0 radical (unpaired) electrons. The van der Waals surface area contributed by atoms with Crippen molar-refractivity contribution in [2.24, 2.45) is 51.1 Å². The van der Waals surface area contributed by atoms with Gasteiger partial charge in [-0.2, -0.15) is 14.2 Å². The van der Waals surface area contributed by atoms with E-state index >= 15 is 0 Å². The molecule has 504 valence electrons. The van der Waals surface area contributed by atoms with Crippen molar-refractivity contribution in [3.8, 4) is 0 Å². The normalized spacial score (nSPS) is 14.3. The number of nitro benzene ring substituents is 1. The minimum absolute atomic E-state index is 0.0164. The van der Waals surface area contributed by atoms with Gasteiger partial charge in [-0.05, 0) is 163 Å². The monoisotopic (exact) mass is 1340 g/mol. The first-order valence-electron chi connectivity index (χ1n) is 29.2. The van der Waals surface area contributed by atoms with E-state index < -0.39 is 9.85 Å². The second-order valence-electron chi connectivity index (χ2n) is 21.1. The number of nitro groups is 2. The fourth-order valence-electron chi connectivity index (χ4n) is 8.10. The zero-order chi connectivity index (χ0) is 71.7. The van der Waals surface area contributed by atoms with Crippen LogP contribution in [-0.2, 0) is 9.59 Å². The van der Waals surface area contributed by atoms with Crippen molar-refractivity contribution in [1.29, 1.82) is 0 Å². The van der Waals surface area contributed by atoms with E-state index in [1.165, 1.54) is 67.3 Å². The van der Waals surface area contributed by atoms with E-state index in [0.717, 1.165) is 31.8 Å². The molecule has 0 spiro atoms. The average Bonchev–Trinajstić information content (AvgIpc) is 0.821. The van der Waals surface area contributed by atoms with Gasteiger partial charge in [-0.3, -0.25) is 39.6 Å². The van der Waals surface area contributed by atoms with Crippen LogP contribution in [0.1, 0.15) is 29.9 Å². The standard InChI is InChI=1S/C14H10N4O2.2C13H13N5O3.C13H14N4O2.C13H13N3O2/c19-12-7-6-11(10-4-3-8-15-14(10)12)16-17-13-5-1-2-9-18(13)20;1-16(2)11-5-3-10(4-6-11)14-15-13-8-7-12(18(20)21)9-17(13)19;1-16(2)10-6-7-11(12(9-10)18(20)21)14-15-13-5-3-4-8-17(13)19;1-16(2)10-6-7-11(12(18)9-10)14-15-13-5-3-4-8-17(13)19;1-9-7-11(8-10(2)13(9)17)14-15-12-5-3-4-6-16(12)18/h1-9,20H;2*3-9H,1-2H3;3-9,19H,1-2H3;3-8,18H,1-2H3. The van der Waals surface area contributed by atoms with E-state index in [0.29, 0.717) is 60.2 Å². The van der Waals surface area contributed by atoms with Crippen molar-refractivity contribution in [1.82, 2.24) is 24.1 Å². The van der Waals surface area contributed by atoms with Crippen LogP contribution in [0.3, 0.4) is 0 Å². The topological polar surface area (TPSA) is 413 Å². The molecule has 2 aromatic carbocycles. The van der Waals surface area contributed by atoms with Gasteiger partial charge in [0.15, 0.2) is 34.1 Å². The van der Waals surface area contributed by atoms with E-state index in [1.54, 1.807) is 166 Å². The van der Waals surface area contributed by atoms with Crippen LogP contribution in [0.5, 0.6) is 0 Å². The Labute approximate surface area is 563 Å². The number of aromatic nitrogens is 6. The van der Waals surface area contributed by atoms with Gasteiger partial charge in [0.2, 0.25) is 11.6 Å². The highest BCUT2D eigenvalue weighted by atomic mass is 16.6. The minimum atomic E-state index is -0.644. The summed E-state index contributed by atoms with van der Waals surface area (Å²) < 4.78 is 3.43. The molecule has 0 aliphatic heterocycles. The molecule has 3 N–H and O–H groups in total. The molecule has 99 heavy (non-hydrogen) atoms. The number of hydrogen-bond acceptors (Lipinski definition) is 26. The van der Waals surface area contributed by atoms with E-state index in [2.05, 4.69) is 56.0 Å². The lowest BCUT2D eigenvalue weighted by molar-refractivity contribution is -0.596. The lowest BCUT2D eigenvalue weighted by Gasteiger charge is -2.15. The number of nitrogens with zero attached hydrogens (tertiary/aromatic N) is 21. The number of anilines is 2. The fraction of sp³-hybridized carbons (Fsp3) is 0.121. The fourth-order valence-corrected chi connectivity index (χ4v) is 8.10. The number of fused-ring (bicyclic) bond motifs is 1. The maximum Gasteiger partial charge on any atom is 0.354 e. The third-order valence-corrected chi connectivity index (χ3v) is 13.3. The maximum atomic E-state index is 11.8. The average molecular weight is 1340 g/mol. The first-order valence-corrected chi connectivity index (χ1v) is 29.2. The highest BCUT2D eigenvalue weighted by molar-refractivity contribution is 6.49. The highest BCUT2D eigenvalue weighted by Crippen LogP contribution is 2.32. The smallest absolute Gasteiger partial charge is 0.354 e. The second-order valence-corrected chi connectivity index (χ2v) is 21.1. The molecule has 0 unspecified atom stereocenters. The minimum Gasteiger partial charge on any atom is -0.710 e. The lowest BCUT2D eigenvalue weighted by atomic mass is 9.98. The van der Waals surface area contributed by atoms with Crippen molar-refractivity contribution < 1.29 is 49.3 Å². The summed E-state index contributed by atoms with van der Waals surface area (Å²) in [6.07, 6.45) is 19.2. The van der Waals surface area contributed by atoms with Crippen LogP contribution in [0.15, 0.2) is 287 Å². The molecule has 3 aliphatic rings. The number of rotatable bonds is 12. The van der Waals surface area contributed by atoms with E-state index in [9.17, 15) is 60.6 Å². The van der Waals surface area contributed by atoms with E-state index in [4.69, 9.17) is 0 Å². The van der Waals surface area contributed by atoms with E-state index in [-0.39, 0.29) is 62.7 Å². The molecule has 0 saturated heterocycles. The molecule has 6 heterocycles. The van der Waals surface area contributed by atoms with Crippen LogP contribution in [0.2, 0.25) is 0 Å². The molecule has 0 atom stereocenters. The maximum absolute atomic E-state index is 11.8. The van der Waals surface area contributed by atoms with Crippen molar-refractivity contribution in [2.45, 2.75) is 13.8 Å². The largest absolute Gasteiger partial charge is 0.710 e. The Kier molecular flexibility index (Phi) is 25.3. The van der Waals surface area contributed by atoms with Crippen molar-refractivity contribution >= 4 is 80.2 Å². The Morgan fingerprint density at radius 3 is 1.59 bits per heavy atom. The second kappa shape index (κ2) is 34.7. The molecule has 0 bridgehead atoms. The lowest BCUT2D eigenvalue weighted by Crippen LogP contribution is -2.25. The van der Waals surface area contributed by atoms with Crippen LogP contribution in [0.4, 0.5) is 45.8 Å². The molecule has 11 rings (SSSR count). The van der Waals surface area contributed by atoms with Crippen LogP contribution >= 0.6 is 0 Å². The predicted octanol–water partition coefficient (Wildman–Crippen LogP) is 8.62. The third kappa shape index (κ3) is 20.9. The van der Waals surface area contributed by atoms with Gasteiger partial charge in [0, 0.05) is 120 Å². The molecule has 33 nitrogen and oxygen atoms in total. The summed E-state index contributed by atoms with van der Waals surface area (Å²) in [5, 5.41) is 112. The summed E-state index contributed by atoms with van der Waals surface area (Å²) in [6.45, 7) is 3.48. The first kappa shape index (κ1) is 72.3. The molecule has 3 aliphatic carbocycles. The van der Waals surface area contributed by atoms with E-state index in [1.807, 2.05) is 50.1 Å². The molecular formula is C66H63N21O12. The number of carbonyl (C=O) groups is 3. The van der Waals surface area contributed by atoms with Gasteiger partial charge < -0.3 is 40.7 Å². The van der Waals surface area contributed by atoms with Crippen molar-refractivity contribution in [3.05, 3.63) is 294 Å². The van der Waals surface area contributed by atoms with Crippen LogP contribution in [0.25, 0.3) is 0 Å². The number of benzene rings is 2. The zero-order valence-corrected chi connectivity index (χ0v) is 54.2. The molecule has 33 heteroatoms. The Balaban J connectivity index is 0.000000174. The number of azo groups is 2. The summed E-state index contributed by atoms with van der Waals surface area (Å²) in [6, 6.07) is 37.5. The Morgan fingerprint density at radius 1 is 0.505 bits per heavy atom. The Bertz CT molecular complexity index is 4880. The van der Waals surface area contributed by atoms with Crippen LogP contribution in [-0.4, -0.2) is 126 Å². The SMILES string of the molecule is CC1=CC(=NN=c2ccccn2O)C=C(C)C1=O.CN(C)C1=CC(=O)C(=NN=c2ccccn2O)C=C1.CN(C)c1ccc(N=Nc2ccc([N+](=O)[O-])c[n+]2[O-])cc1.CN(C)c1ccc(N=Nc2cccc[n+]2[O-])c([N+](=O)[O-])c1.O=C1C=CC(=NN=c2ccccn2O)c2cccnc21. The van der Waals surface area contributed by atoms with Gasteiger partial charge in [-0.25, -0.2) is 9.46 Å². The predicted molar refractivity (Wildman–Crippen MR) is 363 cm³/mol. The highest BCUT2D eigenvalue weighted by Gasteiger charge is 2.20. The quantitative estimate of drug-likeness (QED) is 0.0150. The Hall–Kier alpha value is -14.1. The molecule has 0 saturated carbocycles. The van der Waals surface area contributed by atoms with Gasteiger partial charge in [0.25, 0.3) is 0 Å². The summed E-state index contributed by atoms with van der Waals surface area (Å²) in [4.78, 5) is 65.0. The van der Waals surface area contributed by atoms with Crippen molar-refractivity contribution in [2.75, 3.05) is 52.1 Å². The summed E-state index contributed by atoms with van der Waals surface area (Å²) in [7, 11) is 11.1. The molecular weight excluding hydrogens is 1280 g/mol. The summed E-state index contributed by atoms with van der Waals surface area (Å²) in [5.41, 5.74) is 7.17. The van der Waals surface area contributed by atoms with Gasteiger partial charge in [-0.1, -0.05) is 24.3 Å². The van der Waals surface area contributed by atoms with Crippen LogP contribution < -0.4 is 35.7 Å². The third-order valence-electron chi connectivity index (χ3n) is 13.3. The number of Topliss-reactive ketones (excluding diaryl/α,β-unsaturated/α-hetero) is 1. The zero-order valence-electron chi connectivity index (χ0n) is 54.2. The summed E-state index contributed by atoms with van der Waals surface area (Å²) in [5.74, 6) is -0.307. The number of allylic oxidation sites excluding steroid dienone is 9. The van der Waals surface area contributed by atoms with Crippen molar-refractivity contribution in [3.63, 3.8) is 0 Å².